The van der Waals surface area contributed by atoms with E-state index in [-0.39, 0.29) is 18.5 Å². The fourth-order valence-electron chi connectivity index (χ4n) is 1.90. The fourth-order valence-corrected chi connectivity index (χ4v) is 1.90. The summed E-state index contributed by atoms with van der Waals surface area (Å²) in [6.07, 6.45) is 0.337. The smallest absolute Gasteiger partial charge is 0.351 e. The van der Waals surface area contributed by atoms with Crippen LogP contribution in [0, 0.1) is 11.8 Å². The topological polar surface area (TPSA) is 116 Å². The minimum Gasteiger partial charge on any atom is -0.390 e. The van der Waals surface area contributed by atoms with E-state index in [4.69, 9.17) is 16.2 Å². The molecule has 19 heavy (non-hydrogen) atoms. The molecule has 7 nitrogen and oxygen atoms in total. The van der Waals surface area contributed by atoms with E-state index >= 15 is 0 Å². The summed E-state index contributed by atoms with van der Waals surface area (Å²) in [6, 6.07) is 0. The Morgan fingerprint density at radius 3 is 3.00 bits per heavy atom. The fraction of sp³-hybridized carbons (Fsp3) is 0.500. The van der Waals surface area contributed by atoms with Gasteiger partial charge in [-0.15, -0.1) is 0 Å². The van der Waals surface area contributed by atoms with Gasteiger partial charge < -0.3 is 21.3 Å². The lowest BCUT2D eigenvalue weighted by molar-refractivity contribution is -0.0100. The number of ether oxygens (including phenoxy) is 1. The molecule has 1 aromatic rings. The Kier molecular flexibility index (Phi) is 3.85. The van der Waals surface area contributed by atoms with Crippen molar-refractivity contribution in [3.63, 3.8) is 0 Å². The number of aliphatic hydroxyl groups is 1. The quantitative estimate of drug-likeness (QED) is 0.549. The van der Waals surface area contributed by atoms with Gasteiger partial charge in [-0.05, 0) is 6.92 Å². The number of aromatic nitrogens is 2. The molecule has 0 aromatic carbocycles. The molecule has 1 fully saturated rings. The highest BCUT2D eigenvalue weighted by Crippen LogP contribution is 2.27. The van der Waals surface area contributed by atoms with Crippen LogP contribution < -0.4 is 17.2 Å². The molecule has 1 saturated heterocycles. The molecule has 0 bridgehead atoms. The van der Waals surface area contributed by atoms with Crippen LogP contribution in [0.25, 0.3) is 0 Å². The van der Waals surface area contributed by atoms with E-state index in [1.54, 1.807) is 6.92 Å². The summed E-state index contributed by atoms with van der Waals surface area (Å²) in [6.45, 7) is 1.93. The Labute approximate surface area is 110 Å². The Hall–Kier alpha value is -1.88. The molecule has 1 aromatic heterocycles. The molecule has 2 rings (SSSR count). The van der Waals surface area contributed by atoms with Gasteiger partial charge in [0.1, 0.15) is 12.0 Å². The number of nitrogen functional groups attached to an aromatic ring is 1. The zero-order valence-electron chi connectivity index (χ0n) is 10.5. The van der Waals surface area contributed by atoms with Crippen LogP contribution in [0.1, 0.15) is 25.1 Å². The van der Waals surface area contributed by atoms with Gasteiger partial charge in [-0.1, -0.05) is 11.8 Å². The number of hydrogen-bond donors (Lipinski definition) is 3. The van der Waals surface area contributed by atoms with Gasteiger partial charge in [0.15, 0.2) is 0 Å². The van der Waals surface area contributed by atoms with Crippen LogP contribution in [0.3, 0.4) is 0 Å². The molecular weight excluding hydrogens is 248 g/mol. The van der Waals surface area contributed by atoms with Gasteiger partial charge in [0, 0.05) is 12.6 Å². The van der Waals surface area contributed by atoms with E-state index in [1.165, 1.54) is 10.8 Å². The van der Waals surface area contributed by atoms with Crippen molar-refractivity contribution in [2.24, 2.45) is 5.73 Å². The number of nitrogens with two attached hydrogens (primary N) is 2. The summed E-state index contributed by atoms with van der Waals surface area (Å²) in [5, 5.41) is 9.66. The summed E-state index contributed by atoms with van der Waals surface area (Å²) < 4.78 is 6.79. The Bertz CT molecular complexity index is 577. The lowest BCUT2D eigenvalue weighted by atomic mass is 10.2. The Balaban J connectivity index is 2.38. The van der Waals surface area contributed by atoms with Crippen molar-refractivity contribution in [3.05, 3.63) is 22.2 Å². The maximum absolute atomic E-state index is 11.8. The van der Waals surface area contributed by atoms with Crippen molar-refractivity contribution in [2.45, 2.75) is 31.8 Å². The molecule has 0 amide bonds. The zero-order valence-corrected chi connectivity index (χ0v) is 10.5. The van der Waals surface area contributed by atoms with Crippen LogP contribution in [-0.2, 0) is 4.74 Å². The lowest BCUT2D eigenvalue weighted by Gasteiger charge is -2.14. The third-order valence-electron chi connectivity index (χ3n) is 2.97. The first-order valence-electron chi connectivity index (χ1n) is 5.94. The second-order valence-electron chi connectivity index (χ2n) is 4.33. The molecule has 7 heteroatoms. The molecule has 3 atom stereocenters. The monoisotopic (exact) mass is 264 g/mol. The SMILES string of the molecule is CC1OC(n2cc(C#CCN)c(N)nc2=O)CC1O. The van der Waals surface area contributed by atoms with E-state index < -0.39 is 18.0 Å². The molecule has 1 aliphatic rings. The van der Waals surface area contributed by atoms with Crippen LogP contribution in [0.4, 0.5) is 5.82 Å². The molecule has 3 unspecified atom stereocenters. The Morgan fingerprint density at radius 1 is 1.68 bits per heavy atom. The van der Waals surface area contributed by atoms with Gasteiger partial charge in [0.05, 0.1) is 24.3 Å². The number of aliphatic hydroxyl groups excluding tert-OH is 1. The second-order valence-corrected chi connectivity index (χ2v) is 4.33. The molecule has 102 valence electrons. The highest BCUT2D eigenvalue weighted by atomic mass is 16.5. The summed E-state index contributed by atoms with van der Waals surface area (Å²) >= 11 is 0. The maximum Gasteiger partial charge on any atom is 0.351 e. The van der Waals surface area contributed by atoms with E-state index in [0.29, 0.717) is 12.0 Å². The summed E-state index contributed by atoms with van der Waals surface area (Å²) in [7, 11) is 0. The van der Waals surface area contributed by atoms with E-state index in [0.717, 1.165) is 0 Å². The summed E-state index contributed by atoms with van der Waals surface area (Å²) in [5.74, 6) is 5.46. The zero-order chi connectivity index (χ0) is 14.0. The largest absolute Gasteiger partial charge is 0.390 e. The third-order valence-corrected chi connectivity index (χ3v) is 2.97. The molecule has 0 radical (unpaired) electrons. The first-order chi connectivity index (χ1) is 9.02. The molecular formula is C12H16N4O3. The number of rotatable bonds is 1. The van der Waals surface area contributed by atoms with Gasteiger partial charge in [0.2, 0.25) is 0 Å². The molecule has 0 aliphatic carbocycles. The van der Waals surface area contributed by atoms with Gasteiger partial charge in [0.25, 0.3) is 0 Å². The van der Waals surface area contributed by atoms with Gasteiger partial charge in [-0.25, -0.2) is 4.79 Å². The van der Waals surface area contributed by atoms with Gasteiger partial charge in [-0.2, -0.15) is 4.98 Å². The Morgan fingerprint density at radius 2 is 2.42 bits per heavy atom. The maximum atomic E-state index is 11.8. The minimum absolute atomic E-state index is 0.0637. The van der Waals surface area contributed by atoms with E-state index in [2.05, 4.69) is 16.8 Å². The van der Waals surface area contributed by atoms with Crippen LogP contribution in [0.5, 0.6) is 0 Å². The molecule has 2 heterocycles. The molecule has 5 N–H and O–H groups in total. The lowest BCUT2D eigenvalue weighted by Crippen LogP contribution is -2.28. The average Bonchev–Trinajstić information content (AvgIpc) is 2.68. The van der Waals surface area contributed by atoms with Crippen molar-refractivity contribution in [3.8, 4) is 11.8 Å². The van der Waals surface area contributed by atoms with Crippen molar-refractivity contribution in [1.82, 2.24) is 9.55 Å². The average molecular weight is 264 g/mol. The highest BCUT2D eigenvalue weighted by molar-refractivity contribution is 5.49. The molecule has 0 spiro atoms. The summed E-state index contributed by atoms with van der Waals surface area (Å²) in [4.78, 5) is 15.5. The van der Waals surface area contributed by atoms with Crippen LogP contribution in [0.15, 0.2) is 11.0 Å². The predicted molar refractivity (Wildman–Crippen MR) is 69.0 cm³/mol. The van der Waals surface area contributed by atoms with Crippen LogP contribution >= 0.6 is 0 Å². The van der Waals surface area contributed by atoms with Crippen molar-refractivity contribution >= 4 is 5.82 Å². The number of hydrogen-bond acceptors (Lipinski definition) is 6. The predicted octanol–water partition coefficient (Wildman–Crippen LogP) is -1.20. The van der Waals surface area contributed by atoms with Crippen molar-refractivity contribution in [2.75, 3.05) is 12.3 Å². The second kappa shape index (κ2) is 5.40. The number of nitrogens with zero attached hydrogens (tertiary/aromatic N) is 2. The first kappa shape index (κ1) is 13.5. The molecule has 1 aliphatic heterocycles. The van der Waals surface area contributed by atoms with E-state index in [1.807, 2.05) is 0 Å². The van der Waals surface area contributed by atoms with E-state index in [9.17, 15) is 9.90 Å². The first-order valence-corrected chi connectivity index (χ1v) is 5.94. The standard InChI is InChI=1S/C12H16N4O3/c1-7-9(17)5-10(19-7)16-6-8(3-2-4-13)11(14)15-12(16)18/h6-7,9-10,17H,4-5,13H2,1H3,(H2,14,15,18). The van der Waals surface area contributed by atoms with Gasteiger partial charge >= 0.3 is 5.69 Å². The summed E-state index contributed by atoms with van der Waals surface area (Å²) in [5.41, 5.74) is 10.8. The van der Waals surface area contributed by atoms with Crippen LogP contribution in [0.2, 0.25) is 0 Å². The molecule has 0 saturated carbocycles. The minimum atomic E-state index is -0.604. The normalized spacial score (nSPS) is 25.9. The highest BCUT2D eigenvalue weighted by Gasteiger charge is 2.32. The van der Waals surface area contributed by atoms with Gasteiger partial charge in [-0.3, -0.25) is 4.57 Å². The third kappa shape index (κ3) is 2.76. The van der Waals surface area contributed by atoms with Crippen molar-refractivity contribution < 1.29 is 9.84 Å². The van der Waals surface area contributed by atoms with Crippen molar-refractivity contribution in [1.29, 1.82) is 0 Å². The number of anilines is 1. The van der Waals surface area contributed by atoms with Crippen LogP contribution in [-0.4, -0.2) is 33.4 Å².